The van der Waals surface area contributed by atoms with Crippen LogP contribution in [0.15, 0.2) is 48.5 Å². The lowest BCUT2D eigenvalue weighted by molar-refractivity contribution is -0.276. The molecule has 2 N–H and O–H groups in total. The Morgan fingerprint density at radius 3 is 2.15 bits per heavy atom. The summed E-state index contributed by atoms with van der Waals surface area (Å²) in [5.41, 5.74) is -4.03. The minimum atomic E-state index is -5.09. The van der Waals surface area contributed by atoms with E-state index in [0.717, 1.165) is 10.6 Å². The smallest absolute Gasteiger partial charge is 0.423 e. The van der Waals surface area contributed by atoms with Crippen molar-refractivity contribution in [2.75, 3.05) is 0 Å². The van der Waals surface area contributed by atoms with Crippen molar-refractivity contribution in [1.29, 1.82) is 5.26 Å². The van der Waals surface area contributed by atoms with Crippen molar-refractivity contribution in [3.8, 4) is 17.6 Å². The molecule has 0 bridgehead atoms. The van der Waals surface area contributed by atoms with Gasteiger partial charge in [0.2, 0.25) is 5.60 Å². The lowest BCUT2D eigenvalue weighted by atomic mass is 9.80. The summed E-state index contributed by atoms with van der Waals surface area (Å²) in [6, 6.07) is 11.8. The van der Waals surface area contributed by atoms with E-state index in [4.69, 9.17) is 38.3 Å². The van der Waals surface area contributed by atoms with E-state index in [-0.39, 0.29) is 38.4 Å². The van der Waals surface area contributed by atoms with Crippen LogP contribution in [0.5, 0.6) is 11.5 Å². The van der Waals surface area contributed by atoms with Crippen LogP contribution in [0.4, 0.5) is 13.2 Å². The summed E-state index contributed by atoms with van der Waals surface area (Å²) in [5, 5.41) is 28.9. The maximum Gasteiger partial charge on any atom is 0.423 e. The highest BCUT2D eigenvalue weighted by Gasteiger charge is 2.60. The number of hydrogen-bond donors (Lipinski definition) is 2. The van der Waals surface area contributed by atoms with Gasteiger partial charge in [0.05, 0.1) is 16.3 Å². The molecule has 3 aromatic rings. The van der Waals surface area contributed by atoms with Gasteiger partial charge in [-0.25, -0.2) is 4.79 Å². The number of ether oxygens (including phenoxy) is 1. The van der Waals surface area contributed by atoms with Crippen LogP contribution in [0.25, 0.3) is 0 Å². The average molecular weight is 513 g/mol. The normalized spacial score (nSPS) is 14.2. The Hall–Kier alpha value is -3.19. The third-order valence-corrected chi connectivity index (χ3v) is 6.17. The number of rotatable bonds is 6. The molecule has 0 aliphatic carbocycles. The van der Waals surface area contributed by atoms with E-state index < -0.39 is 29.4 Å². The summed E-state index contributed by atoms with van der Waals surface area (Å²) in [5.74, 6) is -2.43. The van der Waals surface area contributed by atoms with Gasteiger partial charge in [0, 0.05) is 24.1 Å². The first kappa shape index (κ1) is 25.4. The molecular weight excluding hydrogens is 496 g/mol. The molecule has 0 amide bonds. The van der Waals surface area contributed by atoms with Crippen LogP contribution in [0.2, 0.25) is 10.0 Å². The zero-order valence-electron chi connectivity index (χ0n) is 17.7. The maximum absolute atomic E-state index is 14.2. The van der Waals surface area contributed by atoms with Crippen LogP contribution >= 0.6 is 23.2 Å². The quantitative estimate of drug-likeness (QED) is 0.407. The molecule has 0 saturated heterocycles. The first-order valence-electron chi connectivity index (χ1n) is 9.66. The van der Waals surface area contributed by atoms with Crippen molar-refractivity contribution in [3.63, 3.8) is 0 Å². The summed E-state index contributed by atoms with van der Waals surface area (Å²) in [7, 11) is 1.26. The standard InChI is InChI=1S/C23H17Cl2F3N2O4/c1-12(22(33,23(26,27)28)20-8-3-13(11-29)30(20)2)16-6-4-14(9-18(16)24)34-15-5-7-17(21(31)32)19(25)10-15/h3-10,12,33H,1-2H3,(H,31,32). The number of nitriles is 1. The first-order valence-corrected chi connectivity index (χ1v) is 10.4. The van der Waals surface area contributed by atoms with Gasteiger partial charge in [-0.3, -0.25) is 0 Å². The SMILES string of the molecule is CC(c1ccc(Oc2ccc(C(=O)O)c(Cl)c2)cc1Cl)C(O)(c1ccc(C#N)n1C)C(F)(F)F. The van der Waals surface area contributed by atoms with Gasteiger partial charge < -0.3 is 19.5 Å². The summed E-state index contributed by atoms with van der Waals surface area (Å²) >= 11 is 12.2. The molecule has 0 fully saturated rings. The van der Waals surface area contributed by atoms with Crippen LogP contribution in [-0.2, 0) is 12.6 Å². The number of hydrogen-bond acceptors (Lipinski definition) is 4. The lowest BCUT2D eigenvalue weighted by Gasteiger charge is -2.37. The van der Waals surface area contributed by atoms with Gasteiger partial charge in [0.1, 0.15) is 23.3 Å². The summed E-state index contributed by atoms with van der Waals surface area (Å²) in [6.07, 6.45) is -5.09. The van der Waals surface area contributed by atoms with Crippen molar-refractivity contribution in [2.24, 2.45) is 7.05 Å². The van der Waals surface area contributed by atoms with Crippen molar-refractivity contribution in [3.05, 3.63) is 81.1 Å². The van der Waals surface area contributed by atoms with Crippen LogP contribution in [0.1, 0.15) is 40.2 Å². The van der Waals surface area contributed by atoms with E-state index in [1.807, 2.05) is 0 Å². The van der Waals surface area contributed by atoms with Crippen molar-refractivity contribution in [2.45, 2.75) is 24.6 Å². The molecule has 2 unspecified atom stereocenters. The largest absolute Gasteiger partial charge is 0.478 e. The molecule has 11 heteroatoms. The molecule has 0 aliphatic rings. The van der Waals surface area contributed by atoms with Gasteiger partial charge >= 0.3 is 12.1 Å². The van der Waals surface area contributed by atoms with Crippen LogP contribution < -0.4 is 4.74 Å². The van der Waals surface area contributed by atoms with Gasteiger partial charge in [-0.2, -0.15) is 18.4 Å². The van der Waals surface area contributed by atoms with Crippen molar-refractivity contribution < 1.29 is 32.9 Å². The second-order valence-electron chi connectivity index (χ2n) is 7.49. The maximum atomic E-state index is 14.2. The molecule has 0 spiro atoms. The Bertz CT molecular complexity index is 1300. The third kappa shape index (κ3) is 4.44. The fourth-order valence-electron chi connectivity index (χ4n) is 3.64. The van der Waals surface area contributed by atoms with Gasteiger partial charge in [0.15, 0.2) is 0 Å². The number of halogens is 5. The highest BCUT2D eigenvalue weighted by atomic mass is 35.5. The first-order chi connectivity index (χ1) is 15.8. The molecule has 6 nitrogen and oxygen atoms in total. The second kappa shape index (κ2) is 9.22. The van der Waals surface area contributed by atoms with Gasteiger partial charge in [-0.1, -0.05) is 36.2 Å². The minimum absolute atomic E-state index is 0.00666. The number of carboxylic acid groups (broad SMARTS) is 1. The number of nitrogens with zero attached hydrogens (tertiary/aromatic N) is 2. The van der Waals surface area contributed by atoms with E-state index in [2.05, 4.69) is 0 Å². The summed E-state index contributed by atoms with van der Waals surface area (Å²) in [6.45, 7) is 1.18. The van der Waals surface area contributed by atoms with Crippen molar-refractivity contribution >= 4 is 29.2 Å². The molecule has 2 aromatic carbocycles. The number of aromatic nitrogens is 1. The molecule has 3 rings (SSSR count). The fraction of sp³-hybridized carbons (Fsp3) is 0.217. The Morgan fingerprint density at radius 1 is 1.09 bits per heavy atom. The molecule has 0 aliphatic heterocycles. The van der Waals surface area contributed by atoms with Crippen molar-refractivity contribution in [1.82, 2.24) is 4.57 Å². The van der Waals surface area contributed by atoms with Gasteiger partial charge in [-0.05, 0) is 42.0 Å². The van der Waals surface area contributed by atoms with Crippen LogP contribution in [0, 0.1) is 11.3 Å². The number of carboxylic acids is 1. The number of aliphatic hydroxyl groups is 1. The number of carbonyl (C=O) groups is 1. The van der Waals surface area contributed by atoms with Gasteiger partial charge in [-0.15, -0.1) is 0 Å². The molecule has 2 atom stereocenters. The molecule has 1 heterocycles. The molecule has 34 heavy (non-hydrogen) atoms. The third-order valence-electron chi connectivity index (χ3n) is 5.53. The predicted molar refractivity (Wildman–Crippen MR) is 118 cm³/mol. The Balaban J connectivity index is 1.98. The number of aromatic carboxylic acids is 1. The van der Waals surface area contributed by atoms with Gasteiger partial charge in [0.25, 0.3) is 0 Å². The van der Waals surface area contributed by atoms with Crippen LogP contribution in [0.3, 0.4) is 0 Å². The number of benzene rings is 2. The molecule has 0 saturated carbocycles. The number of alkyl halides is 3. The van der Waals surface area contributed by atoms with E-state index in [1.54, 1.807) is 6.07 Å². The molecule has 0 radical (unpaired) electrons. The van der Waals surface area contributed by atoms with E-state index in [9.17, 15) is 23.1 Å². The Morgan fingerprint density at radius 2 is 1.68 bits per heavy atom. The minimum Gasteiger partial charge on any atom is -0.478 e. The van der Waals surface area contributed by atoms with E-state index >= 15 is 0 Å². The van der Waals surface area contributed by atoms with E-state index in [1.165, 1.54) is 56.4 Å². The van der Waals surface area contributed by atoms with Crippen LogP contribution in [-0.4, -0.2) is 26.9 Å². The van der Waals surface area contributed by atoms with E-state index in [0.29, 0.717) is 0 Å². The zero-order valence-corrected chi connectivity index (χ0v) is 19.2. The predicted octanol–water partition coefficient (Wildman–Crippen LogP) is 6.25. The second-order valence-corrected chi connectivity index (χ2v) is 8.31. The summed E-state index contributed by atoms with van der Waals surface area (Å²) in [4.78, 5) is 11.1. The summed E-state index contributed by atoms with van der Waals surface area (Å²) < 4.78 is 49.1. The fourth-order valence-corrected chi connectivity index (χ4v) is 4.22. The monoisotopic (exact) mass is 512 g/mol. The average Bonchev–Trinajstić information content (AvgIpc) is 3.12. The highest BCUT2D eigenvalue weighted by Crippen LogP contribution is 2.50. The topological polar surface area (TPSA) is 95.5 Å². The molecule has 1 aromatic heterocycles. The zero-order chi connectivity index (χ0) is 25.4. The lowest BCUT2D eigenvalue weighted by Crippen LogP contribution is -2.47. The Labute approximate surface area is 202 Å². The highest BCUT2D eigenvalue weighted by molar-refractivity contribution is 6.33. The molecular formula is C23H17Cl2F3N2O4. The molecule has 178 valence electrons. The Kier molecular flexibility index (Phi) is 6.90.